The number of rotatable bonds is 5. The third-order valence-corrected chi connectivity index (χ3v) is 4.49. The van der Waals surface area contributed by atoms with Crippen molar-refractivity contribution in [2.75, 3.05) is 20.6 Å². The van der Waals surface area contributed by atoms with Gasteiger partial charge in [-0.3, -0.25) is 9.78 Å². The summed E-state index contributed by atoms with van der Waals surface area (Å²) in [7, 11) is 4.01. The van der Waals surface area contributed by atoms with Crippen LogP contribution in [0.5, 0.6) is 0 Å². The predicted molar refractivity (Wildman–Crippen MR) is 101 cm³/mol. The zero-order valence-electron chi connectivity index (χ0n) is 15.2. The van der Waals surface area contributed by atoms with E-state index in [-0.39, 0.29) is 17.8 Å². The highest BCUT2D eigenvalue weighted by Gasteiger charge is 2.29. The highest BCUT2D eigenvalue weighted by Crippen LogP contribution is 2.31. The number of hydrogen-bond acceptors (Lipinski definition) is 3. The number of carbonyl (C=O) groups is 1. The largest absolute Gasteiger partial charge is 0.331 e. The van der Waals surface area contributed by atoms with Crippen LogP contribution in [0.15, 0.2) is 48.5 Å². The van der Waals surface area contributed by atoms with Crippen molar-refractivity contribution in [1.82, 2.24) is 14.8 Å². The first-order chi connectivity index (χ1) is 12.5. The van der Waals surface area contributed by atoms with Crippen LogP contribution in [0.25, 0.3) is 6.08 Å². The molecule has 2 aromatic rings. The summed E-state index contributed by atoms with van der Waals surface area (Å²) < 4.78 is 13.7. The maximum Gasteiger partial charge on any atom is 0.247 e. The second-order valence-electron chi connectivity index (χ2n) is 6.84. The molecule has 1 atom stereocenters. The molecule has 3 rings (SSSR count). The third kappa shape index (κ3) is 4.35. The Morgan fingerprint density at radius 2 is 2.08 bits per heavy atom. The van der Waals surface area contributed by atoms with Crippen molar-refractivity contribution in [1.29, 1.82) is 0 Å². The molecular formula is C21H24FN3O. The average molecular weight is 353 g/mol. The monoisotopic (exact) mass is 353 g/mol. The van der Waals surface area contributed by atoms with Crippen molar-refractivity contribution in [3.05, 3.63) is 71.3 Å². The Morgan fingerprint density at radius 3 is 2.85 bits per heavy atom. The second-order valence-corrected chi connectivity index (χ2v) is 6.84. The van der Waals surface area contributed by atoms with Crippen LogP contribution < -0.4 is 0 Å². The van der Waals surface area contributed by atoms with Crippen LogP contribution in [0.2, 0.25) is 0 Å². The normalized spacial score (nSPS) is 17.4. The summed E-state index contributed by atoms with van der Waals surface area (Å²) >= 11 is 0. The first kappa shape index (κ1) is 18.3. The van der Waals surface area contributed by atoms with Gasteiger partial charge in [0.1, 0.15) is 5.82 Å². The van der Waals surface area contributed by atoms with Gasteiger partial charge in [0.05, 0.1) is 17.4 Å². The molecule has 26 heavy (non-hydrogen) atoms. The lowest BCUT2D eigenvalue weighted by Crippen LogP contribution is -2.29. The number of amides is 1. The van der Waals surface area contributed by atoms with Crippen molar-refractivity contribution < 1.29 is 9.18 Å². The quantitative estimate of drug-likeness (QED) is 0.770. The number of carbonyl (C=O) groups excluding carboxylic acids is 1. The molecule has 0 radical (unpaired) electrons. The first-order valence-corrected chi connectivity index (χ1v) is 8.88. The molecule has 0 spiro atoms. The van der Waals surface area contributed by atoms with Crippen molar-refractivity contribution in [3.63, 3.8) is 0 Å². The minimum absolute atomic E-state index is 0.0186. The fourth-order valence-corrected chi connectivity index (χ4v) is 3.30. The highest BCUT2D eigenvalue weighted by atomic mass is 19.1. The summed E-state index contributed by atoms with van der Waals surface area (Å²) in [6.07, 6.45) is 4.85. The van der Waals surface area contributed by atoms with Crippen LogP contribution in [0.1, 0.15) is 35.8 Å². The van der Waals surface area contributed by atoms with Gasteiger partial charge in [0.25, 0.3) is 0 Å². The minimum atomic E-state index is -0.326. The predicted octanol–water partition coefficient (Wildman–Crippen LogP) is 3.66. The number of halogens is 1. The molecule has 1 aliphatic heterocycles. The second kappa shape index (κ2) is 8.23. The van der Waals surface area contributed by atoms with E-state index in [2.05, 4.69) is 4.90 Å². The molecule has 0 N–H and O–H groups in total. The molecule has 0 unspecified atom stereocenters. The van der Waals surface area contributed by atoms with E-state index in [1.54, 1.807) is 24.3 Å². The first-order valence-electron chi connectivity index (χ1n) is 8.88. The molecule has 136 valence electrons. The van der Waals surface area contributed by atoms with Crippen LogP contribution in [0.4, 0.5) is 4.39 Å². The van der Waals surface area contributed by atoms with E-state index in [1.165, 1.54) is 12.1 Å². The Hall–Kier alpha value is -2.53. The Morgan fingerprint density at radius 1 is 1.27 bits per heavy atom. The Labute approximate surface area is 154 Å². The van der Waals surface area contributed by atoms with Gasteiger partial charge in [-0.05, 0) is 51.2 Å². The topological polar surface area (TPSA) is 36.4 Å². The number of hydrogen-bond donors (Lipinski definition) is 0. The zero-order valence-corrected chi connectivity index (χ0v) is 15.2. The summed E-state index contributed by atoms with van der Waals surface area (Å²) in [6.45, 7) is 1.46. The molecule has 1 fully saturated rings. The van der Waals surface area contributed by atoms with Gasteiger partial charge in [-0.1, -0.05) is 24.3 Å². The molecule has 0 bridgehead atoms. The SMILES string of the molecule is CN(C)Cc1cccc([C@H]2CCCN2C(=O)/C=C/c2ccccc2F)n1. The minimum Gasteiger partial charge on any atom is -0.331 e. The fourth-order valence-electron chi connectivity index (χ4n) is 3.30. The van der Waals surface area contributed by atoms with Crippen molar-refractivity contribution in [2.45, 2.75) is 25.4 Å². The number of nitrogens with zero attached hydrogens (tertiary/aromatic N) is 3. The fraction of sp³-hybridized carbons (Fsp3) is 0.333. The third-order valence-electron chi connectivity index (χ3n) is 4.49. The van der Waals surface area contributed by atoms with E-state index in [0.29, 0.717) is 12.1 Å². The Kier molecular flexibility index (Phi) is 5.78. The van der Waals surface area contributed by atoms with Crippen molar-refractivity contribution in [2.24, 2.45) is 0 Å². The van der Waals surface area contributed by atoms with Gasteiger partial charge in [-0.25, -0.2) is 4.39 Å². The number of benzene rings is 1. The van der Waals surface area contributed by atoms with Gasteiger partial charge in [0.2, 0.25) is 5.91 Å². The molecular weight excluding hydrogens is 329 g/mol. The zero-order chi connectivity index (χ0) is 18.5. The van der Waals surface area contributed by atoms with E-state index < -0.39 is 0 Å². The summed E-state index contributed by atoms with van der Waals surface area (Å²) in [5, 5.41) is 0. The van der Waals surface area contributed by atoms with E-state index >= 15 is 0 Å². The summed E-state index contributed by atoms with van der Waals surface area (Å²) in [6, 6.07) is 12.4. The van der Waals surface area contributed by atoms with Crippen LogP contribution in [-0.4, -0.2) is 41.3 Å². The van der Waals surface area contributed by atoms with E-state index in [0.717, 1.165) is 30.8 Å². The van der Waals surface area contributed by atoms with Gasteiger partial charge in [0, 0.05) is 24.7 Å². The average Bonchev–Trinajstić information content (AvgIpc) is 3.10. The van der Waals surface area contributed by atoms with Gasteiger partial charge >= 0.3 is 0 Å². The van der Waals surface area contributed by atoms with Crippen molar-refractivity contribution >= 4 is 12.0 Å². The Balaban J connectivity index is 1.75. The number of pyridine rings is 1. The maximum atomic E-state index is 13.7. The van der Waals surface area contributed by atoms with Crippen LogP contribution in [-0.2, 0) is 11.3 Å². The van der Waals surface area contributed by atoms with Crippen LogP contribution >= 0.6 is 0 Å². The molecule has 5 heteroatoms. The van der Waals surface area contributed by atoms with Crippen LogP contribution in [0, 0.1) is 5.82 Å². The molecule has 4 nitrogen and oxygen atoms in total. The van der Waals surface area contributed by atoms with Gasteiger partial charge in [-0.2, -0.15) is 0 Å². The molecule has 1 aliphatic rings. The van der Waals surface area contributed by atoms with E-state index in [1.807, 2.05) is 37.2 Å². The van der Waals surface area contributed by atoms with Crippen molar-refractivity contribution in [3.8, 4) is 0 Å². The van der Waals surface area contributed by atoms with E-state index in [9.17, 15) is 9.18 Å². The molecule has 1 saturated heterocycles. The summed E-state index contributed by atoms with van der Waals surface area (Å²) in [5.74, 6) is -0.428. The van der Waals surface area contributed by atoms with Gasteiger partial charge in [-0.15, -0.1) is 0 Å². The smallest absolute Gasteiger partial charge is 0.247 e. The van der Waals surface area contributed by atoms with Gasteiger partial charge < -0.3 is 9.80 Å². The summed E-state index contributed by atoms with van der Waals surface area (Å²) in [4.78, 5) is 21.3. The maximum absolute atomic E-state index is 13.7. The van der Waals surface area contributed by atoms with E-state index in [4.69, 9.17) is 4.98 Å². The van der Waals surface area contributed by atoms with Crippen LogP contribution in [0.3, 0.4) is 0 Å². The standard InChI is InChI=1S/C21H24FN3O/c1-24(2)15-17-8-5-10-19(23-17)20-11-6-14-25(20)21(26)13-12-16-7-3-4-9-18(16)22/h3-5,7-10,12-13,20H,6,11,14-15H2,1-2H3/b13-12+/t20-/m1/s1. The highest BCUT2D eigenvalue weighted by molar-refractivity contribution is 5.92. The number of aromatic nitrogens is 1. The molecule has 1 amide bonds. The Bertz CT molecular complexity index is 803. The molecule has 0 aliphatic carbocycles. The number of likely N-dealkylation sites (tertiary alicyclic amines) is 1. The van der Waals surface area contributed by atoms with Gasteiger partial charge in [0.15, 0.2) is 0 Å². The molecule has 1 aromatic carbocycles. The molecule has 0 saturated carbocycles. The lowest BCUT2D eigenvalue weighted by Gasteiger charge is -2.23. The lowest BCUT2D eigenvalue weighted by molar-refractivity contribution is -0.126. The molecule has 1 aromatic heterocycles. The molecule has 2 heterocycles. The summed E-state index contributed by atoms with van der Waals surface area (Å²) in [5.41, 5.74) is 2.34. The lowest BCUT2D eigenvalue weighted by atomic mass is 10.1.